The van der Waals surface area contributed by atoms with E-state index in [1.54, 1.807) is 24.3 Å². The second kappa shape index (κ2) is 6.04. The van der Waals surface area contributed by atoms with Crippen LogP contribution >= 0.6 is 0 Å². The van der Waals surface area contributed by atoms with Crippen LogP contribution in [-0.4, -0.2) is 46.4 Å². The number of hydrogen-bond acceptors (Lipinski definition) is 6. The summed E-state index contributed by atoms with van der Waals surface area (Å²) in [5.74, 6) is 0. The summed E-state index contributed by atoms with van der Waals surface area (Å²) in [6.45, 7) is 0. The van der Waals surface area contributed by atoms with E-state index in [9.17, 15) is 0 Å². The molecule has 1 rings (SSSR count). The number of benzene rings is 1. The Bertz CT molecular complexity index is 330. The number of aryl methyl sites for hydroxylation is 2. The third-order valence-corrected chi connectivity index (χ3v) is 4.36. The molecule has 1 aromatic carbocycles. The maximum absolute atomic E-state index is 8.88. The van der Waals surface area contributed by atoms with E-state index in [2.05, 4.69) is 0 Å². The fourth-order valence-corrected chi connectivity index (χ4v) is 2.74. The van der Waals surface area contributed by atoms with E-state index in [1.165, 1.54) is 0 Å². The maximum Gasteiger partial charge on any atom is 0.493 e. The van der Waals surface area contributed by atoms with E-state index in [0.29, 0.717) is 12.8 Å². The Morgan fingerprint density at radius 2 is 0.889 bits per heavy atom. The van der Waals surface area contributed by atoms with Crippen molar-refractivity contribution < 1.29 is 28.8 Å². The van der Waals surface area contributed by atoms with Crippen molar-refractivity contribution >= 4 is 17.6 Å². The third kappa shape index (κ3) is 6.98. The van der Waals surface area contributed by atoms with Gasteiger partial charge in [0.15, 0.2) is 0 Å². The Morgan fingerprint density at radius 3 is 1.11 bits per heavy atom. The molecule has 0 aromatic heterocycles. The zero-order valence-electron chi connectivity index (χ0n) is 9.82. The largest absolute Gasteiger partial charge is 0.493 e. The topological polar surface area (TPSA) is 121 Å². The highest BCUT2D eigenvalue weighted by Gasteiger charge is 2.26. The van der Waals surface area contributed by atoms with Gasteiger partial charge in [-0.15, -0.1) is 0 Å². The summed E-state index contributed by atoms with van der Waals surface area (Å²) in [5.41, 5.74) is 1.71. The monoisotopic (exact) mass is 290 g/mol. The predicted octanol–water partition coefficient (Wildman–Crippen LogP) is -1.40. The third-order valence-electron chi connectivity index (χ3n) is 2.52. The van der Waals surface area contributed by atoms with Crippen LogP contribution in [0.4, 0.5) is 0 Å². The summed E-state index contributed by atoms with van der Waals surface area (Å²) in [5, 5.41) is 0. The van der Waals surface area contributed by atoms with Gasteiger partial charge in [-0.05, 0) is 24.0 Å². The first-order valence-corrected chi connectivity index (χ1v) is 9.67. The van der Waals surface area contributed by atoms with Crippen LogP contribution in [0.3, 0.4) is 0 Å². The molecule has 0 aliphatic carbocycles. The summed E-state index contributed by atoms with van der Waals surface area (Å²) in [7, 11) is -7.97. The van der Waals surface area contributed by atoms with Gasteiger partial charge in [0.05, 0.1) is 0 Å². The maximum atomic E-state index is 8.88. The van der Waals surface area contributed by atoms with Crippen LogP contribution < -0.4 is 0 Å². The van der Waals surface area contributed by atoms with Gasteiger partial charge < -0.3 is 28.8 Å². The molecular weight excluding hydrogens is 272 g/mol. The van der Waals surface area contributed by atoms with Gasteiger partial charge in [-0.3, -0.25) is 0 Å². The van der Waals surface area contributed by atoms with Crippen molar-refractivity contribution in [3.05, 3.63) is 35.4 Å². The highest BCUT2D eigenvalue weighted by Crippen LogP contribution is 2.12. The standard InChI is InChI=1S/C10H18O6Si2/c11-17(12,13)7-5-9-1-2-10(4-3-9)6-8-18(14,15)16/h1-4,11-16H,5-8H2. The van der Waals surface area contributed by atoms with E-state index in [-0.39, 0.29) is 12.1 Å². The van der Waals surface area contributed by atoms with Crippen LogP contribution in [0.25, 0.3) is 0 Å². The van der Waals surface area contributed by atoms with Gasteiger partial charge in [0.2, 0.25) is 0 Å². The lowest BCUT2D eigenvalue weighted by atomic mass is 10.1. The van der Waals surface area contributed by atoms with Gasteiger partial charge in [-0.2, -0.15) is 0 Å². The molecule has 0 unspecified atom stereocenters. The molecule has 0 aliphatic rings. The minimum Gasteiger partial charge on any atom is -0.390 e. The van der Waals surface area contributed by atoms with Crippen molar-refractivity contribution in [3.8, 4) is 0 Å². The Hall–Kier alpha value is -0.586. The average molecular weight is 290 g/mol. The first kappa shape index (κ1) is 15.5. The molecule has 8 heteroatoms. The molecule has 0 radical (unpaired) electrons. The Kier molecular flexibility index (Phi) is 5.19. The van der Waals surface area contributed by atoms with Crippen molar-refractivity contribution in [1.29, 1.82) is 0 Å². The zero-order chi connectivity index (χ0) is 13.8. The lowest BCUT2D eigenvalue weighted by Crippen LogP contribution is -2.34. The van der Waals surface area contributed by atoms with Gasteiger partial charge in [0.25, 0.3) is 0 Å². The highest BCUT2D eigenvalue weighted by molar-refractivity contribution is 6.56. The van der Waals surface area contributed by atoms with E-state index in [4.69, 9.17) is 28.8 Å². The Balaban J connectivity index is 2.48. The number of hydrogen-bond donors (Lipinski definition) is 6. The minimum atomic E-state index is -3.99. The normalized spacial score (nSPS) is 12.8. The van der Waals surface area contributed by atoms with Crippen molar-refractivity contribution in [1.82, 2.24) is 0 Å². The second-order valence-electron chi connectivity index (χ2n) is 4.37. The molecule has 0 spiro atoms. The molecule has 102 valence electrons. The molecule has 1 aromatic rings. The molecule has 6 N–H and O–H groups in total. The van der Waals surface area contributed by atoms with Gasteiger partial charge in [-0.1, -0.05) is 24.3 Å². The van der Waals surface area contributed by atoms with Crippen LogP contribution in [0, 0.1) is 0 Å². The molecule has 0 saturated heterocycles. The van der Waals surface area contributed by atoms with Gasteiger partial charge in [0.1, 0.15) is 0 Å². The van der Waals surface area contributed by atoms with Crippen molar-refractivity contribution in [3.63, 3.8) is 0 Å². The van der Waals surface area contributed by atoms with Crippen LogP contribution in [0.5, 0.6) is 0 Å². The molecule has 0 heterocycles. The van der Waals surface area contributed by atoms with Crippen molar-refractivity contribution in [2.75, 3.05) is 0 Å². The Morgan fingerprint density at radius 1 is 0.611 bits per heavy atom. The van der Waals surface area contributed by atoms with Crippen LogP contribution in [0.2, 0.25) is 12.1 Å². The molecule has 0 amide bonds. The van der Waals surface area contributed by atoms with E-state index >= 15 is 0 Å². The summed E-state index contributed by atoms with van der Waals surface area (Å²) in [6, 6.07) is 6.98. The molecule has 0 atom stereocenters. The summed E-state index contributed by atoms with van der Waals surface area (Å²) in [4.78, 5) is 53.3. The second-order valence-corrected chi connectivity index (χ2v) is 8.46. The fraction of sp³-hybridized carbons (Fsp3) is 0.400. The summed E-state index contributed by atoms with van der Waals surface area (Å²) < 4.78 is 0. The van der Waals surface area contributed by atoms with Crippen molar-refractivity contribution in [2.45, 2.75) is 24.9 Å². The van der Waals surface area contributed by atoms with E-state index in [1.807, 2.05) is 0 Å². The average Bonchev–Trinajstić information content (AvgIpc) is 2.23. The molecule has 0 aliphatic heterocycles. The molecule has 0 saturated carbocycles. The first-order valence-electron chi connectivity index (χ1n) is 5.58. The zero-order valence-corrected chi connectivity index (χ0v) is 11.8. The highest BCUT2D eigenvalue weighted by atomic mass is 28.4. The molecular formula is C10H18O6Si2. The smallest absolute Gasteiger partial charge is 0.390 e. The van der Waals surface area contributed by atoms with E-state index in [0.717, 1.165) is 11.1 Å². The van der Waals surface area contributed by atoms with Crippen molar-refractivity contribution in [2.24, 2.45) is 0 Å². The van der Waals surface area contributed by atoms with Crippen LogP contribution in [0.1, 0.15) is 11.1 Å². The lowest BCUT2D eigenvalue weighted by molar-refractivity contribution is 0.226. The number of rotatable bonds is 6. The Labute approximate surface area is 107 Å². The molecule has 6 nitrogen and oxygen atoms in total. The summed E-state index contributed by atoms with van der Waals surface area (Å²) in [6.07, 6.45) is 0.739. The quantitative estimate of drug-likeness (QED) is 0.359. The van der Waals surface area contributed by atoms with E-state index < -0.39 is 17.6 Å². The van der Waals surface area contributed by atoms with Crippen LogP contribution in [0.15, 0.2) is 24.3 Å². The van der Waals surface area contributed by atoms with Crippen LogP contribution in [-0.2, 0) is 12.8 Å². The first-order chi connectivity index (χ1) is 8.16. The van der Waals surface area contributed by atoms with Gasteiger partial charge in [-0.25, -0.2) is 0 Å². The molecule has 0 fully saturated rings. The molecule has 0 bridgehead atoms. The van der Waals surface area contributed by atoms with Gasteiger partial charge >= 0.3 is 17.6 Å². The fourth-order valence-electron chi connectivity index (χ4n) is 1.50. The SMILES string of the molecule is O[Si](O)(O)CCc1ccc(CC[Si](O)(O)O)cc1. The lowest BCUT2D eigenvalue weighted by Gasteiger charge is -2.10. The predicted molar refractivity (Wildman–Crippen MR) is 68.3 cm³/mol. The molecule has 18 heavy (non-hydrogen) atoms. The summed E-state index contributed by atoms with van der Waals surface area (Å²) >= 11 is 0. The van der Waals surface area contributed by atoms with Gasteiger partial charge in [0, 0.05) is 12.1 Å². The minimum absolute atomic E-state index is 0.0493.